The molecule has 2 heterocycles. The number of alkyl halides is 2. The van der Waals surface area contributed by atoms with Crippen LogP contribution in [0.4, 0.5) is 26.0 Å². The molecule has 2 aromatic heterocycles. The summed E-state index contributed by atoms with van der Waals surface area (Å²) in [6.45, 7) is -2.82. The van der Waals surface area contributed by atoms with E-state index in [1.807, 2.05) is 5.32 Å². The number of hydrogen-bond donors (Lipinski definition) is 3. The third-order valence-corrected chi connectivity index (χ3v) is 4.85. The minimum Gasteiger partial charge on any atom is -0.494 e. The lowest BCUT2D eigenvalue weighted by Gasteiger charge is -2.16. The maximum Gasteiger partial charge on any atom is 0.273 e. The van der Waals surface area contributed by atoms with Gasteiger partial charge in [0.1, 0.15) is 12.2 Å². The van der Waals surface area contributed by atoms with Crippen molar-refractivity contribution in [1.82, 2.24) is 30.3 Å². The summed E-state index contributed by atoms with van der Waals surface area (Å²) in [5.74, 6) is -6.21. The van der Waals surface area contributed by atoms with E-state index < -0.39 is 42.7 Å². The van der Waals surface area contributed by atoms with E-state index >= 15 is 0 Å². The van der Waals surface area contributed by atoms with E-state index in [0.717, 1.165) is 0 Å². The smallest absolute Gasteiger partial charge is 0.273 e. The Bertz CT molecular complexity index is 1340. The molecule has 1 aromatic carbocycles. The van der Waals surface area contributed by atoms with E-state index in [9.17, 15) is 18.4 Å². The van der Waals surface area contributed by atoms with E-state index in [0.29, 0.717) is 17.1 Å². The van der Waals surface area contributed by atoms with Crippen LogP contribution < -0.4 is 20.7 Å². The van der Waals surface area contributed by atoms with Gasteiger partial charge in [-0.15, -0.1) is 10.2 Å². The maximum atomic E-state index is 13.3. The summed E-state index contributed by atoms with van der Waals surface area (Å²) in [5.41, 5.74) is 0.311. The van der Waals surface area contributed by atoms with Gasteiger partial charge in [-0.3, -0.25) is 14.3 Å². The van der Waals surface area contributed by atoms with Gasteiger partial charge in [-0.1, -0.05) is 6.07 Å². The van der Waals surface area contributed by atoms with Crippen molar-refractivity contribution in [1.29, 1.82) is 0 Å². The predicted molar refractivity (Wildman–Crippen MR) is 124 cm³/mol. The quantitative estimate of drug-likeness (QED) is 0.453. The molecule has 2 amide bonds. The second-order valence-electron chi connectivity index (χ2n) is 7.21. The topological polar surface area (TPSA) is 136 Å². The highest BCUT2D eigenvalue weighted by Crippen LogP contribution is 2.49. The van der Waals surface area contributed by atoms with Crippen molar-refractivity contribution in [2.45, 2.75) is 12.3 Å². The second kappa shape index (κ2) is 9.59. The second-order valence-corrected chi connectivity index (χ2v) is 7.21. The molecule has 3 N–H and O–H groups in total. The third-order valence-electron chi connectivity index (χ3n) is 4.85. The SMILES string of the molecule is S.[2H]C([2H])([2H])NC(=O)c1nnc(NC(=O)[C@@H]2CC2(F)F)cc1Nc1cccc(-c2ncn(C)n2)c1OC. The number of nitrogens with zero attached hydrogens (tertiary/aromatic N) is 5. The van der Waals surface area contributed by atoms with Crippen molar-refractivity contribution < 1.29 is 27.2 Å². The third kappa shape index (κ3) is 4.90. The predicted octanol–water partition coefficient (Wildman–Crippen LogP) is 2.09. The fourth-order valence-corrected chi connectivity index (χ4v) is 3.13. The summed E-state index contributed by atoms with van der Waals surface area (Å²) >= 11 is 0. The summed E-state index contributed by atoms with van der Waals surface area (Å²) in [4.78, 5) is 28.9. The molecule has 3 aromatic rings. The molecule has 0 unspecified atom stereocenters. The fraction of sp³-hybridized carbons (Fsp3) is 0.300. The van der Waals surface area contributed by atoms with Crippen LogP contribution in [0.15, 0.2) is 30.6 Å². The Morgan fingerprint density at radius 1 is 1.29 bits per heavy atom. The Labute approximate surface area is 204 Å². The number of aromatic nitrogens is 5. The number of nitrogens with one attached hydrogen (secondary N) is 3. The molecular formula is C20H22F2N8O3S. The monoisotopic (exact) mass is 495 g/mol. The zero-order chi connectivity index (χ0) is 26.3. The number of carbonyl (C=O) groups excluding carboxylic acids is 2. The van der Waals surface area contributed by atoms with Crippen molar-refractivity contribution in [2.75, 3.05) is 24.7 Å². The van der Waals surface area contributed by atoms with Gasteiger partial charge >= 0.3 is 0 Å². The summed E-state index contributed by atoms with van der Waals surface area (Å²) in [6, 6.07) is 6.13. The fourth-order valence-electron chi connectivity index (χ4n) is 3.13. The highest BCUT2D eigenvalue weighted by Gasteiger charge is 2.61. The summed E-state index contributed by atoms with van der Waals surface area (Å²) in [6.07, 6.45) is 0.916. The summed E-state index contributed by atoms with van der Waals surface area (Å²) < 4.78 is 55.4. The number of rotatable bonds is 7. The molecule has 0 spiro atoms. The van der Waals surface area contributed by atoms with Crippen LogP contribution in [-0.2, 0) is 11.8 Å². The van der Waals surface area contributed by atoms with Gasteiger partial charge in [-0.05, 0) is 12.1 Å². The number of ether oxygens (including phenoxy) is 1. The summed E-state index contributed by atoms with van der Waals surface area (Å²) in [7, 11) is 3.10. The number of amides is 2. The number of methoxy groups -OCH3 is 1. The van der Waals surface area contributed by atoms with Crippen LogP contribution in [0, 0.1) is 5.92 Å². The van der Waals surface area contributed by atoms with E-state index in [2.05, 4.69) is 30.9 Å². The molecule has 180 valence electrons. The Kier molecular flexibility index (Phi) is 5.86. The molecule has 0 aliphatic heterocycles. The maximum absolute atomic E-state index is 13.3. The molecule has 4 rings (SSSR count). The van der Waals surface area contributed by atoms with Gasteiger partial charge in [0.15, 0.2) is 23.1 Å². The first kappa shape index (κ1) is 20.8. The highest BCUT2D eigenvalue weighted by atomic mass is 32.1. The Balaban J connectivity index is 0.00000380. The number of carbonyl (C=O) groups is 2. The van der Waals surface area contributed by atoms with Gasteiger partial charge in [0.05, 0.1) is 24.0 Å². The van der Waals surface area contributed by atoms with Gasteiger partial charge < -0.3 is 20.7 Å². The minimum absolute atomic E-state index is 0. The lowest BCUT2D eigenvalue weighted by atomic mass is 10.1. The Morgan fingerprint density at radius 3 is 2.68 bits per heavy atom. The molecule has 34 heavy (non-hydrogen) atoms. The van der Waals surface area contributed by atoms with Gasteiger partial charge in [0.2, 0.25) is 5.91 Å². The van der Waals surface area contributed by atoms with Crippen LogP contribution in [0.2, 0.25) is 0 Å². The van der Waals surface area contributed by atoms with Crippen LogP contribution in [0.1, 0.15) is 21.0 Å². The van der Waals surface area contributed by atoms with Crippen LogP contribution in [-0.4, -0.2) is 56.8 Å². The van der Waals surface area contributed by atoms with Crippen molar-refractivity contribution in [3.05, 3.63) is 36.3 Å². The molecule has 1 saturated carbocycles. The van der Waals surface area contributed by atoms with Crippen LogP contribution in [0.3, 0.4) is 0 Å². The van der Waals surface area contributed by atoms with Crippen molar-refractivity contribution in [2.24, 2.45) is 13.0 Å². The molecule has 14 heteroatoms. The average Bonchev–Trinajstić information content (AvgIpc) is 3.21. The number of benzene rings is 1. The van der Waals surface area contributed by atoms with Gasteiger partial charge in [0, 0.05) is 30.6 Å². The molecule has 0 saturated heterocycles. The lowest BCUT2D eigenvalue weighted by molar-refractivity contribution is -0.119. The van der Waals surface area contributed by atoms with Crippen LogP contribution in [0.5, 0.6) is 5.75 Å². The normalized spacial score (nSPS) is 17.3. The molecule has 1 aliphatic rings. The van der Waals surface area contributed by atoms with Gasteiger partial charge in [0.25, 0.3) is 11.8 Å². The number of hydrogen-bond acceptors (Lipinski definition) is 8. The van der Waals surface area contributed by atoms with Crippen LogP contribution in [0.25, 0.3) is 11.4 Å². The zero-order valence-corrected chi connectivity index (χ0v) is 18.9. The Hall–Kier alpha value is -3.81. The number of para-hydroxylation sites is 1. The van der Waals surface area contributed by atoms with Crippen molar-refractivity contribution in [3.63, 3.8) is 0 Å². The lowest BCUT2D eigenvalue weighted by Crippen LogP contribution is -2.23. The molecule has 0 radical (unpaired) electrons. The number of aryl methyl sites for hydroxylation is 1. The van der Waals surface area contributed by atoms with Crippen molar-refractivity contribution in [3.8, 4) is 17.1 Å². The van der Waals surface area contributed by atoms with Gasteiger partial charge in [-0.2, -0.15) is 18.6 Å². The zero-order valence-electron chi connectivity index (χ0n) is 20.9. The first-order chi connectivity index (χ1) is 16.9. The molecule has 1 atom stereocenters. The summed E-state index contributed by atoms with van der Waals surface area (Å²) in [5, 5.41) is 18.6. The number of anilines is 3. The largest absolute Gasteiger partial charge is 0.494 e. The van der Waals surface area contributed by atoms with E-state index in [-0.39, 0.29) is 30.8 Å². The molecule has 11 nitrogen and oxygen atoms in total. The first-order valence-electron chi connectivity index (χ1n) is 11.1. The first-order valence-corrected chi connectivity index (χ1v) is 9.57. The Morgan fingerprint density at radius 2 is 2.06 bits per heavy atom. The molecular weight excluding hydrogens is 470 g/mol. The minimum atomic E-state index is -3.09. The van der Waals surface area contributed by atoms with Crippen molar-refractivity contribution >= 4 is 42.5 Å². The van der Waals surface area contributed by atoms with E-state index in [1.165, 1.54) is 24.2 Å². The molecule has 1 fully saturated rings. The molecule has 1 aliphatic carbocycles. The molecule has 0 bridgehead atoms. The van der Waals surface area contributed by atoms with E-state index in [4.69, 9.17) is 8.85 Å². The standard InChI is InChI=1S/C20H20F2N8O3.H2S/c1-23-19(32)15-13(7-14(27-28-15)26-18(31)11-8-20(11,21)22)25-12-6-4-5-10(16(12)33-3)17-24-9-30(2)29-17;/h4-7,9,11H,8H2,1-3H3,(H,23,32)(H2,25,26,27,31);1H2/t11-;/m0./s1/i1D3;. The van der Waals surface area contributed by atoms with Crippen LogP contribution >= 0.6 is 13.5 Å². The highest BCUT2D eigenvalue weighted by molar-refractivity contribution is 7.59. The van der Waals surface area contributed by atoms with Gasteiger partial charge in [-0.25, -0.2) is 13.8 Å². The van der Waals surface area contributed by atoms with E-state index in [1.54, 1.807) is 25.2 Å². The number of halogens is 2. The average molecular weight is 496 g/mol.